The topological polar surface area (TPSA) is 115 Å². The quantitative estimate of drug-likeness (QED) is 0.843. The molecule has 0 amide bonds. The number of hydrogen-bond donors (Lipinski definition) is 2. The summed E-state index contributed by atoms with van der Waals surface area (Å²) in [5, 5.41) is 13.8. The number of aromatic nitrogens is 2. The predicted molar refractivity (Wildman–Crippen MR) is 72.7 cm³/mol. The molecule has 0 saturated carbocycles. The second-order valence-electron chi connectivity index (χ2n) is 4.36. The Morgan fingerprint density at radius 3 is 2.70 bits per heavy atom. The number of primary sulfonamides is 1. The van der Waals surface area contributed by atoms with Crippen molar-refractivity contribution in [3.63, 3.8) is 0 Å². The molecule has 0 aliphatic heterocycles. The van der Waals surface area contributed by atoms with Crippen molar-refractivity contribution < 1.29 is 18.3 Å². The lowest BCUT2D eigenvalue weighted by molar-refractivity contribution is -0.137. The smallest absolute Gasteiger partial charge is 0.303 e. The molecule has 7 nitrogen and oxygen atoms in total. The van der Waals surface area contributed by atoms with Gasteiger partial charge in [0, 0.05) is 13.0 Å². The molecular formula is C12H15N3O4S. The third-order valence-corrected chi connectivity index (χ3v) is 3.92. The van der Waals surface area contributed by atoms with Crippen molar-refractivity contribution in [2.24, 2.45) is 5.14 Å². The normalized spacial score (nSPS) is 11.9. The first-order chi connectivity index (χ1) is 9.32. The van der Waals surface area contributed by atoms with Crippen LogP contribution in [-0.4, -0.2) is 29.0 Å². The van der Waals surface area contributed by atoms with Crippen molar-refractivity contribution in [3.05, 3.63) is 24.0 Å². The molecule has 8 heteroatoms. The number of rotatable bonds is 5. The van der Waals surface area contributed by atoms with Gasteiger partial charge in [0.1, 0.15) is 5.82 Å². The molecule has 0 spiro atoms. The van der Waals surface area contributed by atoms with Crippen LogP contribution in [0, 0.1) is 0 Å². The first-order valence-electron chi connectivity index (χ1n) is 6.06. The number of nitrogens with two attached hydrogens (primary N) is 1. The highest BCUT2D eigenvalue weighted by atomic mass is 32.2. The van der Waals surface area contributed by atoms with Gasteiger partial charge in [-0.05, 0) is 25.1 Å². The van der Waals surface area contributed by atoms with Crippen molar-refractivity contribution in [2.45, 2.75) is 31.2 Å². The minimum atomic E-state index is -3.77. The van der Waals surface area contributed by atoms with Crippen LogP contribution in [0.2, 0.25) is 0 Å². The van der Waals surface area contributed by atoms with E-state index >= 15 is 0 Å². The number of imidazole rings is 1. The van der Waals surface area contributed by atoms with E-state index in [2.05, 4.69) is 4.98 Å². The standard InChI is InChI=1S/C12H15N3O4S/c1-2-15-10-4-3-8(20(13,18)19)7-9(10)14-11(15)5-6-12(16)17/h3-4,7H,2,5-6H2,1H3,(H,16,17)(H2,13,18,19). The van der Waals surface area contributed by atoms with Crippen LogP contribution < -0.4 is 5.14 Å². The average Bonchev–Trinajstić information content (AvgIpc) is 2.71. The van der Waals surface area contributed by atoms with Gasteiger partial charge in [-0.1, -0.05) is 0 Å². The van der Waals surface area contributed by atoms with Crippen molar-refractivity contribution in [1.29, 1.82) is 0 Å². The number of sulfonamides is 1. The number of benzene rings is 1. The van der Waals surface area contributed by atoms with Gasteiger partial charge in [0.05, 0.1) is 22.3 Å². The molecule has 2 aromatic rings. The molecule has 1 aromatic heterocycles. The molecule has 0 aliphatic carbocycles. The fourth-order valence-corrected chi connectivity index (χ4v) is 2.63. The van der Waals surface area contributed by atoms with E-state index in [0.717, 1.165) is 5.52 Å². The van der Waals surface area contributed by atoms with E-state index in [4.69, 9.17) is 10.2 Å². The highest BCUT2D eigenvalue weighted by Crippen LogP contribution is 2.20. The number of carbonyl (C=O) groups is 1. The van der Waals surface area contributed by atoms with Crippen LogP contribution in [0.5, 0.6) is 0 Å². The van der Waals surface area contributed by atoms with Crippen LogP contribution in [0.3, 0.4) is 0 Å². The number of aliphatic carboxylic acids is 1. The SMILES string of the molecule is CCn1c(CCC(=O)O)nc2cc(S(N)(=O)=O)ccc21. The molecule has 0 bridgehead atoms. The molecule has 1 aromatic carbocycles. The summed E-state index contributed by atoms with van der Waals surface area (Å²) in [5.74, 6) is -0.276. The molecule has 3 N–H and O–H groups in total. The van der Waals surface area contributed by atoms with Crippen molar-refractivity contribution >= 4 is 27.0 Å². The first kappa shape index (κ1) is 14.5. The lowest BCUT2D eigenvalue weighted by Gasteiger charge is -2.04. The Balaban J connectivity index is 2.53. The summed E-state index contributed by atoms with van der Waals surface area (Å²) in [6.45, 7) is 2.54. The molecule has 108 valence electrons. The van der Waals surface area contributed by atoms with Crippen molar-refractivity contribution in [1.82, 2.24) is 9.55 Å². The van der Waals surface area contributed by atoms with Gasteiger partial charge in [0.25, 0.3) is 0 Å². The molecule has 1 heterocycles. The monoisotopic (exact) mass is 297 g/mol. The van der Waals surface area contributed by atoms with E-state index < -0.39 is 16.0 Å². The zero-order chi connectivity index (χ0) is 14.9. The fraction of sp³-hybridized carbons (Fsp3) is 0.333. The molecule has 20 heavy (non-hydrogen) atoms. The van der Waals surface area contributed by atoms with Gasteiger partial charge >= 0.3 is 5.97 Å². The lowest BCUT2D eigenvalue weighted by atomic mass is 10.3. The summed E-state index contributed by atoms with van der Waals surface area (Å²) in [6, 6.07) is 4.46. The van der Waals surface area contributed by atoms with E-state index in [0.29, 0.717) is 24.3 Å². The van der Waals surface area contributed by atoms with Crippen LogP contribution >= 0.6 is 0 Å². The molecule has 0 unspecified atom stereocenters. The largest absolute Gasteiger partial charge is 0.481 e. The third kappa shape index (κ3) is 2.81. The van der Waals surface area contributed by atoms with Crippen LogP contribution in [0.25, 0.3) is 11.0 Å². The number of aryl methyl sites for hydroxylation is 2. The summed E-state index contributed by atoms with van der Waals surface area (Å²) in [6.07, 6.45) is 0.272. The molecule has 0 atom stereocenters. The Bertz CT molecular complexity index is 764. The Hall–Kier alpha value is -1.93. The summed E-state index contributed by atoms with van der Waals surface area (Å²) in [7, 11) is -3.77. The summed E-state index contributed by atoms with van der Waals surface area (Å²) in [4.78, 5) is 14.9. The highest BCUT2D eigenvalue weighted by Gasteiger charge is 2.14. The second kappa shape index (κ2) is 5.22. The number of nitrogens with zero attached hydrogens (tertiary/aromatic N) is 2. The van der Waals surface area contributed by atoms with Gasteiger partial charge in [-0.2, -0.15) is 0 Å². The van der Waals surface area contributed by atoms with Crippen LogP contribution in [0.4, 0.5) is 0 Å². The maximum Gasteiger partial charge on any atom is 0.303 e. The molecular weight excluding hydrogens is 282 g/mol. The fourth-order valence-electron chi connectivity index (χ4n) is 2.10. The molecule has 2 rings (SSSR count). The molecule has 0 radical (unpaired) electrons. The Labute approximate surface area is 116 Å². The zero-order valence-electron chi connectivity index (χ0n) is 10.9. The Kier molecular flexibility index (Phi) is 3.78. The van der Waals surface area contributed by atoms with Crippen molar-refractivity contribution in [2.75, 3.05) is 0 Å². The average molecular weight is 297 g/mol. The summed E-state index contributed by atoms with van der Waals surface area (Å²) in [5.41, 5.74) is 1.26. The Morgan fingerprint density at radius 1 is 1.45 bits per heavy atom. The van der Waals surface area contributed by atoms with Gasteiger partial charge in [-0.15, -0.1) is 0 Å². The van der Waals surface area contributed by atoms with E-state index in [1.165, 1.54) is 12.1 Å². The van der Waals surface area contributed by atoms with E-state index in [1.807, 2.05) is 11.5 Å². The van der Waals surface area contributed by atoms with E-state index in [9.17, 15) is 13.2 Å². The van der Waals surface area contributed by atoms with Gasteiger partial charge in [-0.3, -0.25) is 4.79 Å². The van der Waals surface area contributed by atoms with Crippen molar-refractivity contribution in [3.8, 4) is 0 Å². The summed E-state index contributed by atoms with van der Waals surface area (Å²) >= 11 is 0. The number of carboxylic acids is 1. The van der Waals surface area contributed by atoms with Gasteiger partial charge in [0.2, 0.25) is 10.0 Å². The maximum absolute atomic E-state index is 11.3. The second-order valence-corrected chi connectivity index (χ2v) is 5.92. The predicted octanol–water partition coefficient (Wildman–Crippen LogP) is 0.721. The molecule has 0 saturated heterocycles. The Morgan fingerprint density at radius 2 is 2.15 bits per heavy atom. The first-order valence-corrected chi connectivity index (χ1v) is 7.61. The molecule has 0 aliphatic rings. The number of hydrogen-bond acceptors (Lipinski definition) is 4. The summed E-state index contributed by atoms with van der Waals surface area (Å²) < 4.78 is 24.5. The van der Waals surface area contributed by atoms with Gasteiger partial charge in [-0.25, -0.2) is 18.5 Å². The van der Waals surface area contributed by atoms with Crippen LogP contribution in [0.1, 0.15) is 19.2 Å². The lowest BCUT2D eigenvalue weighted by Crippen LogP contribution is -2.11. The van der Waals surface area contributed by atoms with E-state index in [1.54, 1.807) is 6.07 Å². The maximum atomic E-state index is 11.3. The minimum Gasteiger partial charge on any atom is -0.481 e. The third-order valence-electron chi connectivity index (χ3n) is 3.01. The zero-order valence-corrected chi connectivity index (χ0v) is 11.7. The number of carboxylic acid groups (broad SMARTS) is 1. The van der Waals surface area contributed by atoms with Gasteiger partial charge in [0.15, 0.2) is 0 Å². The van der Waals surface area contributed by atoms with Crippen LogP contribution in [-0.2, 0) is 27.8 Å². The minimum absolute atomic E-state index is 0.00413. The highest BCUT2D eigenvalue weighted by molar-refractivity contribution is 7.89. The van der Waals surface area contributed by atoms with E-state index in [-0.39, 0.29) is 11.3 Å². The van der Waals surface area contributed by atoms with Crippen LogP contribution in [0.15, 0.2) is 23.1 Å². The van der Waals surface area contributed by atoms with Gasteiger partial charge < -0.3 is 9.67 Å². The molecule has 0 fully saturated rings. The number of fused-ring (bicyclic) bond motifs is 1.